The van der Waals surface area contributed by atoms with Crippen LogP contribution >= 0.6 is 11.3 Å². The molecule has 0 radical (unpaired) electrons. The summed E-state index contributed by atoms with van der Waals surface area (Å²) in [5.41, 5.74) is 3.32. The molecule has 1 aliphatic rings. The van der Waals surface area contributed by atoms with Gasteiger partial charge in [-0.05, 0) is 23.6 Å². The molecule has 0 bridgehead atoms. The van der Waals surface area contributed by atoms with Crippen LogP contribution in [0.5, 0.6) is 5.75 Å². The number of nitrogens with zero attached hydrogens (tertiary/aromatic N) is 3. The van der Waals surface area contributed by atoms with Gasteiger partial charge in [-0.25, -0.2) is 0 Å². The van der Waals surface area contributed by atoms with E-state index in [0.29, 0.717) is 5.69 Å². The van der Waals surface area contributed by atoms with Gasteiger partial charge in [-0.2, -0.15) is 0 Å². The summed E-state index contributed by atoms with van der Waals surface area (Å²) in [7, 11) is 0. The number of aromatic nitrogens is 3. The highest BCUT2D eigenvalue weighted by atomic mass is 32.1. The highest BCUT2D eigenvalue weighted by Crippen LogP contribution is 2.27. The lowest BCUT2D eigenvalue weighted by Gasteiger charge is -2.04. The SMILES string of the molecule is c1cc(-c2nnc(NCCc3ccc4c(c3)CCO4)s2)no1. The maximum Gasteiger partial charge on any atom is 0.206 e. The molecule has 0 amide bonds. The lowest BCUT2D eigenvalue weighted by Crippen LogP contribution is -2.04. The first-order valence-corrected chi connectivity index (χ1v) is 7.93. The lowest BCUT2D eigenvalue weighted by atomic mass is 10.1. The van der Waals surface area contributed by atoms with Crippen LogP contribution in [0.2, 0.25) is 0 Å². The topological polar surface area (TPSA) is 73.1 Å². The molecular formula is C15H14N4O2S. The summed E-state index contributed by atoms with van der Waals surface area (Å²) in [5.74, 6) is 1.03. The predicted octanol–water partition coefficient (Wildman–Crippen LogP) is 2.78. The standard InChI is InChI=1S/C15H14N4O2S/c1-2-13-11(4-7-20-13)9-10(1)3-6-16-15-18-17-14(22-15)12-5-8-21-19-12/h1-2,5,8-9H,3-4,6-7H2,(H,16,18). The number of fused-ring (bicyclic) bond motifs is 1. The molecule has 1 aliphatic heterocycles. The van der Waals surface area contributed by atoms with Gasteiger partial charge in [0.25, 0.3) is 0 Å². The van der Waals surface area contributed by atoms with Gasteiger partial charge < -0.3 is 14.6 Å². The summed E-state index contributed by atoms with van der Waals surface area (Å²) in [4.78, 5) is 0. The molecule has 0 unspecified atom stereocenters. The smallest absolute Gasteiger partial charge is 0.206 e. The predicted molar refractivity (Wildman–Crippen MR) is 83.2 cm³/mol. The van der Waals surface area contributed by atoms with Gasteiger partial charge in [0.05, 0.1) is 6.61 Å². The van der Waals surface area contributed by atoms with Gasteiger partial charge in [0.1, 0.15) is 17.7 Å². The van der Waals surface area contributed by atoms with E-state index < -0.39 is 0 Å². The fourth-order valence-electron chi connectivity index (χ4n) is 2.43. The Labute approximate surface area is 131 Å². The second kappa shape index (κ2) is 5.76. The van der Waals surface area contributed by atoms with Crippen molar-refractivity contribution in [2.75, 3.05) is 18.5 Å². The molecule has 0 spiro atoms. The Hall–Kier alpha value is -2.41. The fourth-order valence-corrected chi connectivity index (χ4v) is 3.16. The van der Waals surface area contributed by atoms with E-state index >= 15 is 0 Å². The van der Waals surface area contributed by atoms with Gasteiger partial charge in [0.2, 0.25) is 5.13 Å². The van der Waals surface area contributed by atoms with E-state index in [9.17, 15) is 0 Å². The Morgan fingerprint density at radius 2 is 2.23 bits per heavy atom. The van der Waals surface area contributed by atoms with Crippen molar-refractivity contribution in [1.29, 1.82) is 0 Å². The zero-order chi connectivity index (χ0) is 14.8. The van der Waals surface area contributed by atoms with Crippen LogP contribution in [0.3, 0.4) is 0 Å². The monoisotopic (exact) mass is 314 g/mol. The Morgan fingerprint density at radius 3 is 3.14 bits per heavy atom. The van der Waals surface area contributed by atoms with E-state index in [1.54, 1.807) is 6.07 Å². The molecular weight excluding hydrogens is 300 g/mol. The number of hydrogen-bond donors (Lipinski definition) is 1. The molecule has 22 heavy (non-hydrogen) atoms. The molecule has 1 aromatic carbocycles. The van der Waals surface area contributed by atoms with Gasteiger partial charge in [-0.1, -0.05) is 28.6 Å². The molecule has 3 aromatic rings. The maximum absolute atomic E-state index is 5.52. The molecule has 0 saturated heterocycles. The highest BCUT2D eigenvalue weighted by Gasteiger charge is 2.12. The number of benzene rings is 1. The van der Waals surface area contributed by atoms with E-state index in [-0.39, 0.29) is 0 Å². The summed E-state index contributed by atoms with van der Waals surface area (Å²) in [6.07, 6.45) is 3.47. The third-order valence-corrected chi connectivity index (χ3v) is 4.43. The largest absolute Gasteiger partial charge is 0.493 e. The zero-order valence-corrected chi connectivity index (χ0v) is 12.6. The van der Waals surface area contributed by atoms with E-state index in [2.05, 4.69) is 38.9 Å². The minimum absolute atomic E-state index is 0.712. The van der Waals surface area contributed by atoms with Crippen LogP contribution in [0.25, 0.3) is 10.7 Å². The Morgan fingerprint density at radius 1 is 1.23 bits per heavy atom. The van der Waals surface area contributed by atoms with Crippen LogP contribution in [0.1, 0.15) is 11.1 Å². The minimum Gasteiger partial charge on any atom is -0.493 e. The molecule has 0 fully saturated rings. The van der Waals surface area contributed by atoms with Crippen LogP contribution in [0, 0.1) is 0 Å². The molecule has 0 atom stereocenters. The number of hydrogen-bond acceptors (Lipinski definition) is 7. The van der Waals surface area contributed by atoms with Crippen molar-refractivity contribution in [3.05, 3.63) is 41.7 Å². The Kier molecular flexibility index (Phi) is 3.48. The van der Waals surface area contributed by atoms with Crippen molar-refractivity contribution in [3.8, 4) is 16.5 Å². The number of nitrogens with one attached hydrogen (secondary N) is 1. The van der Waals surface area contributed by atoms with Gasteiger partial charge in [-0.15, -0.1) is 10.2 Å². The molecule has 1 N–H and O–H groups in total. The van der Waals surface area contributed by atoms with Crippen molar-refractivity contribution >= 4 is 16.5 Å². The first kappa shape index (κ1) is 13.3. The van der Waals surface area contributed by atoms with E-state index in [1.807, 2.05) is 0 Å². The summed E-state index contributed by atoms with van der Waals surface area (Å²) >= 11 is 1.47. The molecule has 6 nitrogen and oxygen atoms in total. The molecule has 4 rings (SSSR count). The van der Waals surface area contributed by atoms with Crippen molar-refractivity contribution in [2.24, 2.45) is 0 Å². The van der Waals surface area contributed by atoms with Crippen LogP contribution in [-0.4, -0.2) is 28.5 Å². The highest BCUT2D eigenvalue weighted by molar-refractivity contribution is 7.18. The third-order valence-electron chi connectivity index (χ3n) is 3.53. The number of anilines is 1. The normalized spacial score (nSPS) is 12.9. The molecule has 0 aliphatic carbocycles. The Balaban J connectivity index is 1.35. The average Bonchev–Trinajstić information content (AvgIpc) is 3.28. The molecule has 7 heteroatoms. The van der Waals surface area contributed by atoms with Gasteiger partial charge >= 0.3 is 0 Å². The summed E-state index contributed by atoms with van der Waals surface area (Å²) < 4.78 is 10.3. The van der Waals surface area contributed by atoms with E-state index in [1.165, 1.54) is 28.7 Å². The van der Waals surface area contributed by atoms with Crippen molar-refractivity contribution in [3.63, 3.8) is 0 Å². The van der Waals surface area contributed by atoms with E-state index in [0.717, 1.165) is 41.9 Å². The van der Waals surface area contributed by atoms with Crippen LogP contribution in [-0.2, 0) is 12.8 Å². The summed E-state index contributed by atoms with van der Waals surface area (Å²) in [5, 5.41) is 16.9. The molecule has 2 aromatic heterocycles. The van der Waals surface area contributed by atoms with Crippen LogP contribution < -0.4 is 10.1 Å². The van der Waals surface area contributed by atoms with E-state index in [4.69, 9.17) is 9.26 Å². The fraction of sp³-hybridized carbons (Fsp3) is 0.267. The van der Waals surface area contributed by atoms with Gasteiger partial charge in [0.15, 0.2) is 5.01 Å². The quantitative estimate of drug-likeness (QED) is 0.780. The molecule has 0 saturated carbocycles. The summed E-state index contributed by atoms with van der Waals surface area (Å²) in [6.45, 7) is 1.61. The maximum atomic E-state index is 5.52. The second-order valence-corrected chi connectivity index (χ2v) is 5.99. The molecule has 112 valence electrons. The number of ether oxygens (including phenoxy) is 1. The van der Waals surface area contributed by atoms with Crippen LogP contribution in [0.4, 0.5) is 5.13 Å². The molecule has 3 heterocycles. The van der Waals surface area contributed by atoms with Gasteiger partial charge in [-0.3, -0.25) is 0 Å². The Bertz CT molecular complexity index is 770. The number of rotatable bonds is 5. The van der Waals surface area contributed by atoms with Crippen molar-refractivity contribution in [1.82, 2.24) is 15.4 Å². The second-order valence-electron chi connectivity index (χ2n) is 5.01. The van der Waals surface area contributed by atoms with Crippen molar-refractivity contribution in [2.45, 2.75) is 12.8 Å². The van der Waals surface area contributed by atoms with Crippen molar-refractivity contribution < 1.29 is 9.26 Å². The first-order valence-electron chi connectivity index (χ1n) is 7.11. The van der Waals surface area contributed by atoms with Gasteiger partial charge in [0, 0.05) is 19.0 Å². The summed E-state index contributed by atoms with van der Waals surface area (Å²) in [6, 6.07) is 8.18. The third kappa shape index (κ3) is 2.67. The minimum atomic E-state index is 0.712. The lowest BCUT2D eigenvalue weighted by molar-refractivity contribution is 0.357. The average molecular weight is 314 g/mol. The first-order chi connectivity index (χ1) is 10.9. The van der Waals surface area contributed by atoms with Crippen LogP contribution in [0.15, 0.2) is 35.1 Å². The zero-order valence-electron chi connectivity index (χ0n) is 11.8.